The van der Waals surface area contributed by atoms with E-state index in [0.29, 0.717) is 11.8 Å². The van der Waals surface area contributed by atoms with Gasteiger partial charge < -0.3 is 20.6 Å². The molecule has 1 aromatic heterocycles. The number of carbonyl (C=O) groups is 1. The van der Waals surface area contributed by atoms with Gasteiger partial charge in [0.1, 0.15) is 11.8 Å². The van der Waals surface area contributed by atoms with E-state index in [4.69, 9.17) is 15.6 Å². The Bertz CT molecular complexity index is 585. The smallest absolute Gasteiger partial charge is 0.321 e. The Kier molecular flexibility index (Phi) is 4.28. The fourth-order valence-corrected chi connectivity index (χ4v) is 2.36. The van der Waals surface area contributed by atoms with Crippen molar-refractivity contribution in [3.63, 3.8) is 0 Å². The number of hydrogen-bond donors (Lipinski definition) is 3. The SMILES string of the molecule is CCOc1ccc2nc(SCC(N)C(=O)O)[nH]c2c1. The van der Waals surface area contributed by atoms with Gasteiger partial charge in [-0.15, -0.1) is 0 Å². The van der Waals surface area contributed by atoms with Crippen LogP contribution in [-0.4, -0.2) is 39.4 Å². The number of carboxylic acids is 1. The summed E-state index contributed by atoms with van der Waals surface area (Å²) in [7, 11) is 0. The maximum absolute atomic E-state index is 10.6. The summed E-state index contributed by atoms with van der Waals surface area (Å²) in [4.78, 5) is 18.1. The van der Waals surface area contributed by atoms with Gasteiger partial charge in [0.15, 0.2) is 5.16 Å². The first-order valence-electron chi connectivity index (χ1n) is 5.84. The normalized spacial score (nSPS) is 12.5. The van der Waals surface area contributed by atoms with Crippen molar-refractivity contribution in [1.29, 1.82) is 0 Å². The lowest BCUT2D eigenvalue weighted by molar-refractivity contribution is -0.137. The van der Waals surface area contributed by atoms with Gasteiger partial charge in [-0.3, -0.25) is 4.79 Å². The molecule has 1 atom stereocenters. The molecular weight excluding hydrogens is 266 g/mol. The van der Waals surface area contributed by atoms with E-state index < -0.39 is 12.0 Å². The molecule has 0 fully saturated rings. The van der Waals surface area contributed by atoms with Crippen LogP contribution in [0.5, 0.6) is 5.75 Å². The summed E-state index contributed by atoms with van der Waals surface area (Å²) in [5, 5.41) is 9.36. The Labute approximate surface area is 114 Å². The molecule has 1 heterocycles. The first kappa shape index (κ1) is 13.7. The third-order valence-corrected chi connectivity index (χ3v) is 3.45. The number of carboxylic acid groups (broad SMARTS) is 1. The molecule has 6 nitrogen and oxygen atoms in total. The van der Waals surface area contributed by atoms with E-state index in [-0.39, 0.29) is 5.75 Å². The standard InChI is InChI=1S/C12H15N3O3S/c1-2-18-7-3-4-9-10(5-7)15-12(14-9)19-6-8(13)11(16)17/h3-5,8H,2,6,13H2,1H3,(H,14,15)(H,16,17). The van der Waals surface area contributed by atoms with Crippen LogP contribution in [-0.2, 0) is 4.79 Å². The molecule has 1 aromatic carbocycles. The van der Waals surface area contributed by atoms with Crippen LogP contribution in [0.3, 0.4) is 0 Å². The first-order chi connectivity index (χ1) is 9.10. The van der Waals surface area contributed by atoms with Crippen molar-refractivity contribution in [2.24, 2.45) is 5.73 Å². The number of nitrogens with one attached hydrogen (secondary N) is 1. The number of aromatic amines is 1. The topological polar surface area (TPSA) is 101 Å². The molecule has 2 rings (SSSR count). The van der Waals surface area contributed by atoms with Crippen LogP contribution in [0.15, 0.2) is 23.4 Å². The summed E-state index contributed by atoms with van der Waals surface area (Å²) in [5.74, 6) is 0.0349. The number of benzene rings is 1. The fraction of sp³-hybridized carbons (Fsp3) is 0.333. The van der Waals surface area contributed by atoms with Crippen LogP contribution >= 0.6 is 11.8 Å². The molecule has 19 heavy (non-hydrogen) atoms. The highest BCUT2D eigenvalue weighted by molar-refractivity contribution is 7.99. The minimum Gasteiger partial charge on any atom is -0.494 e. The second kappa shape index (κ2) is 5.94. The number of ether oxygens (including phenoxy) is 1. The average Bonchev–Trinajstić information content (AvgIpc) is 2.78. The number of nitrogens with zero attached hydrogens (tertiary/aromatic N) is 1. The first-order valence-corrected chi connectivity index (χ1v) is 6.82. The van der Waals surface area contributed by atoms with Crippen LogP contribution in [0.2, 0.25) is 0 Å². The van der Waals surface area contributed by atoms with Gasteiger partial charge in [-0.25, -0.2) is 4.98 Å². The van der Waals surface area contributed by atoms with Crippen LogP contribution < -0.4 is 10.5 Å². The molecule has 0 aliphatic heterocycles. The molecule has 1 unspecified atom stereocenters. The molecule has 0 spiro atoms. The molecule has 0 bridgehead atoms. The lowest BCUT2D eigenvalue weighted by atomic mass is 10.3. The van der Waals surface area contributed by atoms with Gasteiger partial charge >= 0.3 is 5.97 Å². The zero-order valence-electron chi connectivity index (χ0n) is 10.4. The van der Waals surface area contributed by atoms with E-state index in [0.717, 1.165) is 16.8 Å². The molecule has 2 aromatic rings. The highest BCUT2D eigenvalue weighted by atomic mass is 32.2. The number of hydrogen-bond acceptors (Lipinski definition) is 5. The fourth-order valence-electron chi connectivity index (χ4n) is 1.53. The lowest BCUT2D eigenvalue weighted by Gasteiger charge is -2.02. The zero-order chi connectivity index (χ0) is 13.8. The number of aromatic nitrogens is 2. The second-order valence-electron chi connectivity index (χ2n) is 3.91. The van der Waals surface area contributed by atoms with Crippen LogP contribution in [0.1, 0.15) is 6.92 Å². The number of fused-ring (bicyclic) bond motifs is 1. The van der Waals surface area contributed by atoms with Gasteiger partial charge in [-0.05, 0) is 19.1 Å². The number of nitrogens with two attached hydrogens (primary N) is 1. The van der Waals surface area contributed by atoms with E-state index in [9.17, 15) is 4.79 Å². The highest BCUT2D eigenvalue weighted by Crippen LogP contribution is 2.23. The van der Waals surface area contributed by atoms with Gasteiger partial charge in [0.25, 0.3) is 0 Å². The summed E-state index contributed by atoms with van der Waals surface area (Å²) in [5.41, 5.74) is 7.11. The summed E-state index contributed by atoms with van der Waals surface area (Å²) in [6.07, 6.45) is 0. The second-order valence-corrected chi connectivity index (χ2v) is 4.92. The zero-order valence-corrected chi connectivity index (χ0v) is 11.2. The predicted octanol–water partition coefficient (Wildman–Crippen LogP) is 1.47. The number of aliphatic carboxylic acids is 1. The molecule has 0 aliphatic rings. The van der Waals surface area contributed by atoms with Crippen molar-refractivity contribution >= 4 is 28.8 Å². The van der Waals surface area contributed by atoms with Crippen molar-refractivity contribution in [3.05, 3.63) is 18.2 Å². The molecular formula is C12H15N3O3S. The van der Waals surface area contributed by atoms with Gasteiger partial charge in [0.2, 0.25) is 0 Å². The van der Waals surface area contributed by atoms with Gasteiger partial charge in [0.05, 0.1) is 17.6 Å². The Balaban J connectivity index is 2.10. The van der Waals surface area contributed by atoms with Crippen molar-refractivity contribution in [2.45, 2.75) is 18.1 Å². The highest BCUT2D eigenvalue weighted by Gasteiger charge is 2.13. The molecule has 7 heteroatoms. The van der Waals surface area contributed by atoms with E-state index in [1.165, 1.54) is 11.8 Å². The van der Waals surface area contributed by atoms with Crippen molar-refractivity contribution in [2.75, 3.05) is 12.4 Å². The van der Waals surface area contributed by atoms with E-state index in [1.807, 2.05) is 25.1 Å². The summed E-state index contributed by atoms with van der Waals surface area (Å²) in [6, 6.07) is 4.69. The minimum atomic E-state index is -1.01. The largest absolute Gasteiger partial charge is 0.494 e. The van der Waals surface area contributed by atoms with E-state index in [1.54, 1.807) is 0 Å². The molecule has 0 radical (unpaired) electrons. The average molecular weight is 281 g/mol. The van der Waals surface area contributed by atoms with Crippen molar-refractivity contribution < 1.29 is 14.6 Å². The van der Waals surface area contributed by atoms with Gasteiger partial charge in [-0.1, -0.05) is 11.8 Å². The minimum absolute atomic E-state index is 0.271. The van der Waals surface area contributed by atoms with Crippen LogP contribution in [0.4, 0.5) is 0 Å². The van der Waals surface area contributed by atoms with Gasteiger partial charge in [0, 0.05) is 11.8 Å². The van der Waals surface area contributed by atoms with Gasteiger partial charge in [-0.2, -0.15) is 0 Å². The predicted molar refractivity (Wildman–Crippen MR) is 73.6 cm³/mol. The summed E-state index contributed by atoms with van der Waals surface area (Å²) < 4.78 is 5.40. The van der Waals surface area contributed by atoms with Crippen LogP contribution in [0.25, 0.3) is 11.0 Å². The maximum Gasteiger partial charge on any atom is 0.321 e. The Morgan fingerprint density at radius 3 is 3.11 bits per heavy atom. The Hall–Kier alpha value is -1.73. The molecule has 0 aliphatic carbocycles. The number of imidazole rings is 1. The Morgan fingerprint density at radius 1 is 1.63 bits per heavy atom. The van der Waals surface area contributed by atoms with E-state index in [2.05, 4.69) is 9.97 Å². The molecule has 0 amide bonds. The summed E-state index contributed by atoms with van der Waals surface area (Å²) >= 11 is 1.29. The molecule has 4 N–H and O–H groups in total. The Morgan fingerprint density at radius 2 is 2.42 bits per heavy atom. The van der Waals surface area contributed by atoms with Crippen molar-refractivity contribution in [3.8, 4) is 5.75 Å². The molecule has 0 saturated carbocycles. The lowest BCUT2D eigenvalue weighted by Crippen LogP contribution is -2.32. The number of H-pyrrole nitrogens is 1. The third-order valence-electron chi connectivity index (χ3n) is 2.46. The third kappa shape index (κ3) is 3.39. The monoisotopic (exact) mass is 281 g/mol. The van der Waals surface area contributed by atoms with E-state index >= 15 is 0 Å². The maximum atomic E-state index is 10.6. The summed E-state index contributed by atoms with van der Waals surface area (Å²) in [6.45, 7) is 2.53. The van der Waals surface area contributed by atoms with Crippen molar-refractivity contribution in [1.82, 2.24) is 9.97 Å². The quantitative estimate of drug-likeness (QED) is 0.693. The van der Waals surface area contributed by atoms with Crippen LogP contribution in [0, 0.1) is 0 Å². The molecule has 0 saturated heterocycles. The number of rotatable bonds is 6. The molecule has 102 valence electrons. The number of thioether (sulfide) groups is 1.